The van der Waals surface area contributed by atoms with Gasteiger partial charge in [-0.3, -0.25) is 4.79 Å². The maximum Gasteiger partial charge on any atom is 0.242 e. The smallest absolute Gasteiger partial charge is 0.242 e. The molecule has 0 spiro atoms. The zero-order chi connectivity index (χ0) is 15.6. The second-order valence-corrected chi connectivity index (χ2v) is 6.46. The van der Waals surface area contributed by atoms with Crippen LogP contribution in [0.3, 0.4) is 0 Å². The Balaban J connectivity index is 0.00000144. The van der Waals surface area contributed by atoms with Gasteiger partial charge in [-0.2, -0.15) is 0 Å². The van der Waals surface area contributed by atoms with E-state index in [0.29, 0.717) is 39.1 Å². The summed E-state index contributed by atoms with van der Waals surface area (Å²) >= 11 is 5.92. The molecule has 2 saturated heterocycles. The van der Waals surface area contributed by atoms with E-state index >= 15 is 0 Å². The number of nitrogens with zero attached hydrogens (tertiary/aromatic N) is 2. The average Bonchev–Trinajstić information content (AvgIpc) is 2.56. The first-order valence-corrected chi connectivity index (χ1v) is 8.13. The molecule has 0 aliphatic carbocycles. The Kier molecular flexibility index (Phi) is 8.09. The third-order valence-electron chi connectivity index (χ3n) is 4.57. The molecule has 0 aromatic heterocycles. The predicted octanol–water partition coefficient (Wildman–Crippen LogP) is 2.34. The van der Waals surface area contributed by atoms with Gasteiger partial charge in [-0.05, 0) is 37.1 Å². The van der Waals surface area contributed by atoms with Crippen molar-refractivity contribution >= 4 is 48.0 Å². The fourth-order valence-electron chi connectivity index (χ4n) is 3.08. The number of hydrogen-bond acceptors (Lipinski definition) is 4. The maximum absolute atomic E-state index is 12.7. The van der Waals surface area contributed by atoms with E-state index < -0.39 is 5.54 Å². The van der Waals surface area contributed by atoms with Crippen LogP contribution in [0.1, 0.15) is 12.8 Å². The van der Waals surface area contributed by atoms with Crippen molar-refractivity contribution in [2.75, 3.05) is 44.3 Å². The molecule has 8 heteroatoms. The van der Waals surface area contributed by atoms with Gasteiger partial charge < -0.3 is 20.3 Å². The molecule has 0 unspecified atom stereocenters. The second kappa shape index (κ2) is 9.11. The second-order valence-electron chi connectivity index (χ2n) is 6.02. The van der Waals surface area contributed by atoms with Crippen LogP contribution in [0.2, 0.25) is 5.02 Å². The Bertz CT molecular complexity index is 528. The number of hydrogen-bond donors (Lipinski definition) is 1. The third kappa shape index (κ3) is 4.67. The van der Waals surface area contributed by atoms with E-state index in [4.69, 9.17) is 22.1 Å². The number of benzene rings is 1. The van der Waals surface area contributed by atoms with E-state index in [1.165, 1.54) is 0 Å². The molecule has 1 aromatic carbocycles. The van der Waals surface area contributed by atoms with E-state index in [-0.39, 0.29) is 30.7 Å². The molecule has 0 saturated carbocycles. The number of amides is 1. The normalized spacial score (nSPS) is 19.9. The Hall–Kier alpha value is -0.720. The summed E-state index contributed by atoms with van der Waals surface area (Å²) < 4.78 is 5.32. The summed E-state index contributed by atoms with van der Waals surface area (Å²) in [5.74, 6) is 0.0755. The SMILES string of the molecule is Cl.Cl.NC1(C(=O)N2CCN(c3ccc(Cl)cc3)CC2)CCOCC1. The summed E-state index contributed by atoms with van der Waals surface area (Å²) in [6.07, 6.45) is 1.23. The lowest BCUT2D eigenvalue weighted by molar-refractivity contribution is -0.140. The van der Waals surface area contributed by atoms with Gasteiger partial charge in [0.25, 0.3) is 0 Å². The molecule has 2 heterocycles. The van der Waals surface area contributed by atoms with Crippen molar-refractivity contribution in [3.8, 4) is 0 Å². The molecule has 1 amide bonds. The number of carbonyl (C=O) groups excluding carboxylic acids is 1. The topological polar surface area (TPSA) is 58.8 Å². The Morgan fingerprint density at radius 1 is 1.04 bits per heavy atom. The lowest BCUT2D eigenvalue weighted by Crippen LogP contribution is -2.61. The average molecular weight is 397 g/mol. The highest BCUT2D eigenvalue weighted by atomic mass is 35.5. The molecule has 0 atom stereocenters. The molecular weight excluding hydrogens is 373 g/mol. The van der Waals surface area contributed by atoms with Gasteiger partial charge in [-0.15, -0.1) is 24.8 Å². The molecule has 0 radical (unpaired) electrons. The van der Waals surface area contributed by atoms with E-state index in [0.717, 1.165) is 23.8 Å². The first-order chi connectivity index (χ1) is 10.6. The van der Waals surface area contributed by atoms with Crippen molar-refractivity contribution in [1.29, 1.82) is 0 Å². The number of carbonyl (C=O) groups is 1. The van der Waals surface area contributed by atoms with Crippen LogP contribution in [-0.4, -0.2) is 55.7 Å². The van der Waals surface area contributed by atoms with Crippen molar-refractivity contribution in [2.24, 2.45) is 5.73 Å². The number of nitrogens with two attached hydrogens (primary N) is 1. The van der Waals surface area contributed by atoms with Gasteiger partial charge in [-0.25, -0.2) is 0 Å². The molecule has 2 aliphatic heterocycles. The van der Waals surface area contributed by atoms with Crippen LogP contribution < -0.4 is 10.6 Å². The standard InChI is InChI=1S/C16H22ClN3O2.2ClH/c17-13-1-3-14(4-2-13)19-7-9-20(10-8-19)15(21)16(18)5-11-22-12-6-16;;/h1-4H,5-12,18H2;2*1H. The van der Waals surface area contributed by atoms with Crippen LogP contribution in [0.4, 0.5) is 5.69 Å². The summed E-state index contributed by atoms with van der Waals surface area (Å²) in [6.45, 7) is 4.21. The van der Waals surface area contributed by atoms with Crippen LogP contribution in [0.5, 0.6) is 0 Å². The highest BCUT2D eigenvalue weighted by molar-refractivity contribution is 6.30. The zero-order valence-corrected chi connectivity index (χ0v) is 15.8. The Morgan fingerprint density at radius 3 is 2.12 bits per heavy atom. The molecule has 24 heavy (non-hydrogen) atoms. The number of ether oxygens (including phenoxy) is 1. The first-order valence-electron chi connectivity index (χ1n) is 7.75. The minimum atomic E-state index is -0.735. The van der Waals surface area contributed by atoms with Crippen LogP contribution in [-0.2, 0) is 9.53 Å². The lowest BCUT2D eigenvalue weighted by atomic mass is 9.89. The molecular formula is C16H24Cl3N3O2. The highest BCUT2D eigenvalue weighted by Crippen LogP contribution is 2.23. The maximum atomic E-state index is 12.7. The van der Waals surface area contributed by atoms with Gasteiger partial charge in [-0.1, -0.05) is 11.6 Å². The van der Waals surface area contributed by atoms with Gasteiger partial charge in [0, 0.05) is 50.1 Å². The number of halogens is 3. The molecule has 136 valence electrons. The number of piperazine rings is 1. The summed E-state index contributed by atoms with van der Waals surface area (Å²) in [5, 5.41) is 0.738. The first kappa shape index (κ1) is 21.3. The highest BCUT2D eigenvalue weighted by Gasteiger charge is 2.39. The van der Waals surface area contributed by atoms with Crippen LogP contribution in [0, 0.1) is 0 Å². The Morgan fingerprint density at radius 2 is 1.58 bits per heavy atom. The molecule has 2 fully saturated rings. The van der Waals surface area contributed by atoms with E-state index in [1.807, 2.05) is 29.2 Å². The molecule has 3 rings (SSSR count). The van der Waals surface area contributed by atoms with Gasteiger partial charge in [0.1, 0.15) is 0 Å². The van der Waals surface area contributed by atoms with Gasteiger partial charge in [0.15, 0.2) is 0 Å². The molecule has 2 aliphatic rings. The zero-order valence-electron chi connectivity index (χ0n) is 13.4. The monoisotopic (exact) mass is 395 g/mol. The van der Waals surface area contributed by atoms with Crippen molar-refractivity contribution in [1.82, 2.24) is 4.90 Å². The summed E-state index contributed by atoms with van der Waals surface area (Å²) in [7, 11) is 0. The van der Waals surface area contributed by atoms with Crippen LogP contribution in [0.15, 0.2) is 24.3 Å². The fraction of sp³-hybridized carbons (Fsp3) is 0.562. The van der Waals surface area contributed by atoms with Crippen molar-refractivity contribution in [3.05, 3.63) is 29.3 Å². The minimum absolute atomic E-state index is 0. The largest absolute Gasteiger partial charge is 0.381 e. The van der Waals surface area contributed by atoms with E-state index in [1.54, 1.807) is 0 Å². The van der Waals surface area contributed by atoms with E-state index in [2.05, 4.69) is 4.90 Å². The Labute approximate surface area is 160 Å². The summed E-state index contributed by atoms with van der Waals surface area (Å²) in [6, 6.07) is 7.82. The van der Waals surface area contributed by atoms with Gasteiger partial charge in [0.05, 0.1) is 5.54 Å². The molecule has 5 nitrogen and oxygen atoms in total. The summed E-state index contributed by atoms with van der Waals surface area (Å²) in [5.41, 5.74) is 6.70. The lowest BCUT2D eigenvalue weighted by Gasteiger charge is -2.41. The fourth-order valence-corrected chi connectivity index (χ4v) is 3.21. The van der Waals surface area contributed by atoms with Gasteiger partial charge in [0.2, 0.25) is 5.91 Å². The van der Waals surface area contributed by atoms with Crippen molar-refractivity contribution in [3.63, 3.8) is 0 Å². The predicted molar refractivity (Wildman–Crippen MR) is 102 cm³/mol. The van der Waals surface area contributed by atoms with Crippen molar-refractivity contribution < 1.29 is 9.53 Å². The minimum Gasteiger partial charge on any atom is -0.381 e. The van der Waals surface area contributed by atoms with Crippen LogP contribution in [0.25, 0.3) is 0 Å². The van der Waals surface area contributed by atoms with Gasteiger partial charge >= 0.3 is 0 Å². The van der Waals surface area contributed by atoms with Crippen molar-refractivity contribution in [2.45, 2.75) is 18.4 Å². The number of anilines is 1. The molecule has 1 aromatic rings. The quantitative estimate of drug-likeness (QED) is 0.833. The van der Waals surface area contributed by atoms with Crippen LogP contribution >= 0.6 is 36.4 Å². The molecule has 0 bridgehead atoms. The number of rotatable bonds is 2. The molecule has 2 N–H and O–H groups in total. The summed E-state index contributed by atoms with van der Waals surface area (Å²) in [4.78, 5) is 16.8. The van der Waals surface area contributed by atoms with E-state index in [9.17, 15) is 4.79 Å². The third-order valence-corrected chi connectivity index (χ3v) is 4.82.